The number of fused-ring (bicyclic) bond motifs is 1. The van der Waals surface area contributed by atoms with Gasteiger partial charge in [-0.1, -0.05) is 49.4 Å². The highest BCUT2D eigenvalue weighted by molar-refractivity contribution is 7.98. The molecule has 150 valence electrons. The lowest BCUT2D eigenvalue weighted by molar-refractivity contribution is 0.270. The molecule has 0 aliphatic heterocycles. The first-order chi connectivity index (χ1) is 13.6. The Morgan fingerprint density at radius 1 is 1.14 bits per heavy atom. The molecule has 0 saturated carbocycles. The summed E-state index contributed by atoms with van der Waals surface area (Å²) in [6.45, 7) is 5.19. The summed E-state index contributed by atoms with van der Waals surface area (Å²) in [5, 5.41) is 18.5. The van der Waals surface area contributed by atoms with Crippen LogP contribution in [0, 0.1) is 0 Å². The van der Waals surface area contributed by atoms with Gasteiger partial charge in [0.25, 0.3) is 5.56 Å². The Kier molecular flexibility index (Phi) is 6.79. The van der Waals surface area contributed by atoms with Crippen LogP contribution in [0.5, 0.6) is 0 Å². The Morgan fingerprint density at radius 3 is 2.64 bits per heavy atom. The molecule has 9 heteroatoms. The summed E-state index contributed by atoms with van der Waals surface area (Å²) in [5.74, 6) is 1.32. The largest absolute Gasteiger partial charge is 0.305 e. The number of aromatic nitrogens is 6. The normalized spacial score (nSPS) is 12.8. The van der Waals surface area contributed by atoms with Gasteiger partial charge in [-0.25, -0.2) is 0 Å². The number of hydrogen-bond acceptors (Lipinski definition) is 7. The van der Waals surface area contributed by atoms with Gasteiger partial charge < -0.3 is 4.57 Å². The Bertz CT molecular complexity index is 982. The SMILES string of the molecule is CCCCn1c(SCn2nnc3ccccc3c2=O)nnc1[C@H](CC)N(C)C. The summed E-state index contributed by atoms with van der Waals surface area (Å²) in [6.07, 6.45) is 3.10. The van der Waals surface area contributed by atoms with Gasteiger partial charge in [-0.3, -0.25) is 9.69 Å². The monoisotopic (exact) mass is 401 g/mol. The van der Waals surface area contributed by atoms with Crippen LogP contribution in [0.1, 0.15) is 45.0 Å². The third-order valence-corrected chi connectivity index (χ3v) is 5.67. The zero-order chi connectivity index (χ0) is 20.1. The lowest BCUT2D eigenvalue weighted by atomic mass is 10.2. The summed E-state index contributed by atoms with van der Waals surface area (Å²) < 4.78 is 3.57. The smallest absolute Gasteiger partial charge is 0.278 e. The quantitative estimate of drug-likeness (QED) is 0.510. The minimum absolute atomic E-state index is 0.141. The van der Waals surface area contributed by atoms with E-state index in [9.17, 15) is 4.79 Å². The Balaban J connectivity index is 1.87. The number of hydrogen-bond donors (Lipinski definition) is 0. The van der Waals surface area contributed by atoms with E-state index in [0.717, 1.165) is 36.8 Å². The van der Waals surface area contributed by atoms with Crippen LogP contribution in [-0.4, -0.2) is 48.8 Å². The van der Waals surface area contributed by atoms with E-state index in [1.165, 1.54) is 16.4 Å². The van der Waals surface area contributed by atoms with Gasteiger partial charge in [0.15, 0.2) is 11.0 Å². The van der Waals surface area contributed by atoms with Gasteiger partial charge in [0.05, 0.1) is 17.3 Å². The van der Waals surface area contributed by atoms with Crippen LogP contribution in [0.15, 0.2) is 34.2 Å². The fourth-order valence-corrected chi connectivity index (χ4v) is 4.03. The molecule has 0 radical (unpaired) electrons. The number of nitrogens with zero attached hydrogens (tertiary/aromatic N) is 7. The first kappa shape index (κ1) is 20.5. The second-order valence-electron chi connectivity index (χ2n) is 6.92. The van der Waals surface area contributed by atoms with Gasteiger partial charge in [-0.2, -0.15) is 4.68 Å². The molecular formula is C19H27N7OS. The second kappa shape index (κ2) is 9.29. The number of benzene rings is 1. The summed E-state index contributed by atoms with van der Waals surface area (Å²) in [4.78, 5) is 14.8. The topological polar surface area (TPSA) is 81.7 Å². The highest BCUT2D eigenvalue weighted by Gasteiger charge is 2.22. The average Bonchev–Trinajstić information content (AvgIpc) is 3.08. The predicted octanol–water partition coefficient (Wildman–Crippen LogP) is 2.95. The third-order valence-electron chi connectivity index (χ3n) is 4.73. The molecule has 1 aromatic carbocycles. The average molecular weight is 402 g/mol. The molecule has 0 fully saturated rings. The Hall–Kier alpha value is -2.26. The summed E-state index contributed by atoms with van der Waals surface area (Å²) in [5.41, 5.74) is 0.469. The molecule has 0 spiro atoms. The van der Waals surface area contributed by atoms with Crippen LogP contribution in [0.2, 0.25) is 0 Å². The van der Waals surface area contributed by atoms with Crippen molar-refractivity contribution in [1.82, 2.24) is 34.7 Å². The van der Waals surface area contributed by atoms with E-state index in [1.54, 1.807) is 12.1 Å². The van der Waals surface area contributed by atoms with E-state index in [1.807, 2.05) is 12.1 Å². The molecule has 3 rings (SSSR count). The standard InChI is InChI=1S/C19H27N7OS/c1-5-7-12-25-17(16(6-2)24(3)4)21-22-19(25)28-13-26-18(27)14-10-8-9-11-15(14)20-23-26/h8-11,16H,5-7,12-13H2,1-4H3/t16-/m0/s1. The highest BCUT2D eigenvalue weighted by atomic mass is 32.2. The molecule has 1 atom stereocenters. The van der Waals surface area contributed by atoms with Gasteiger partial charge >= 0.3 is 0 Å². The molecule has 0 amide bonds. The van der Waals surface area contributed by atoms with E-state index in [2.05, 4.69) is 57.9 Å². The van der Waals surface area contributed by atoms with Crippen LogP contribution in [0.3, 0.4) is 0 Å². The van der Waals surface area contributed by atoms with E-state index >= 15 is 0 Å². The Labute approximate surface area is 168 Å². The van der Waals surface area contributed by atoms with Crippen molar-refractivity contribution in [3.8, 4) is 0 Å². The van der Waals surface area contributed by atoms with Crippen LogP contribution < -0.4 is 5.56 Å². The Morgan fingerprint density at radius 2 is 1.93 bits per heavy atom. The van der Waals surface area contributed by atoms with Gasteiger partial charge in [0.2, 0.25) is 0 Å². The third kappa shape index (κ3) is 4.25. The van der Waals surface area contributed by atoms with Crippen molar-refractivity contribution in [2.75, 3.05) is 14.1 Å². The van der Waals surface area contributed by atoms with Gasteiger partial charge in [0.1, 0.15) is 5.52 Å². The second-order valence-corrected chi connectivity index (χ2v) is 7.83. The molecule has 0 aliphatic rings. The van der Waals surface area contributed by atoms with Crippen molar-refractivity contribution in [2.45, 2.75) is 56.7 Å². The molecular weight excluding hydrogens is 374 g/mol. The van der Waals surface area contributed by atoms with Gasteiger partial charge in [-0.15, -0.1) is 15.3 Å². The van der Waals surface area contributed by atoms with Gasteiger partial charge in [0, 0.05) is 6.54 Å². The summed E-state index contributed by atoms with van der Waals surface area (Å²) in [6, 6.07) is 7.46. The maximum atomic E-state index is 12.7. The summed E-state index contributed by atoms with van der Waals surface area (Å²) in [7, 11) is 4.12. The maximum Gasteiger partial charge on any atom is 0.278 e. The molecule has 8 nitrogen and oxygen atoms in total. The van der Waals surface area contributed by atoms with Crippen molar-refractivity contribution in [1.29, 1.82) is 0 Å². The first-order valence-corrected chi connectivity index (χ1v) is 10.6. The zero-order valence-electron chi connectivity index (χ0n) is 16.9. The van der Waals surface area contributed by atoms with Crippen molar-refractivity contribution in [3.63, 3.8) is 0 Å². The van der Waals surface area contributed by atoms with Crippen molar-refractivity contribution in [2.24, 2.45) is 0 Å². The molecule has 3 aromatic rings. The van der Waals surface area contributed by atoms with Crippen molar-refractivity contribution >= 4 is 22.7 Å². The maximum absolute atomic E-state index is 12.7. The van der Waals surface area contributed by atoms with E-state index in [4.69, 9.17) is 0 Å². The van der Waals surface area contributed by atoms with Crippen LogP contribution >= 0.6 is 11.8 Å². The minimum Gasteiger partial charge on any atom is -0.305 e. The van der Waals surface area contributed by atoms with Crippen LogP contribution in [-0.2, 0) is 12.4 Å². The van der Waals surface area contributed by atoms with Crippen LogP contribution in [0.25, 0.3) is 10.9 Å². The molecule has 0 N–H and O–H groups in total. The predicted molar refractivity (Wildman–Crippen MR) is 111 cm³/mol. The molecule has 2 heterocycles. The van der Waals surface area contributed by atoms with E-state index < -0.39 is 0 Å². The summed E-state index contributed by atoms with van der Waals surface area (Å²) >= 11 is 1.47. The fraction of sp³-hybridized carbons (Fsp3) is 0.526. The van der Waals surface area contributed by atoms with Gasteiger partial charge in [-0.05, 0) is 39.1 Å². The fourth-order valence-electron chi connectivity index (χ4n) is 3.19. The zero-order valence-corrected chi connectivity index (χ0v) is 17.7. The molecule has 28 heavy (non-hydrogen) atoms. The van der Waals surface area contributed by atoms with Crippen LogP contribution in [0.4, 0.5) is 0 Å². The van der Waals surface area contributed by atoms with Crippen molar-refractivity contribution < 1.29 is 0 Å². The molecule has 2 aromatic heterocycles. The number of unbranched alkanes of at least 4 members (excludes halogenated alkanes) is 1. The van der Waals surface area contributed by atoms with E-state index in [0.29, 0.717) is 16.8 Å². The van der Waals surface area contributed by atoms with E-state index in [-0.39, 0.29) is 11.6 Å². The molecule has 0 unspecified atom stereocenters. The number of rotatable bonds is 9. The van der Waals surface area contributed by atoms with Crippen molar-refractivity contribution in [3.05, 3.63) is 40.4 Å². The minimum atomic E-state index is -0.141. The lowest BCUT2D eigenvalue weighted by Gasteiger charge is -2.23. The first-order valence-electron chi connectivity index (χ1n) is 9.61. The highest BCUT2D eigenvalue weighted by Crippen LogP contribution is 2.26. The molecule has 0 aliphatic carbocycles. The molecule has 0 saturated heterocycles. The lowest BCUT2D eigenvalue weighted by Crippen LogP contribution is -2.24. The molecule has 0 bridgehead atoms. The number of thioether (sulfide) groups is 1.